The lowest BCUT2D eigenvalue weighted by atomic mass is 10.0. The van der Waals surface area contributed by atoms with Crippen LogP contribution in [0.15, 0.2) is 42.7 Å². The van der Waals surface area contributed by atoms with Gasteiger partial charge in [0.2, 0.25) is 5.91 Å². The summed E-state index contributed by atoms with van der Waals surface area (Å²) in [7, 11) is 0. The van der Waals surface area contributed by atoms with Crippen LogP contribution in [0.25, 0.3) is 0 Å². The standard InChI is InChI=1S/C21H18F3N5O3/c1-20(2)18(31)29(15-6-5-14(9-25)16(8-15)21(22,23)24)19(32)28(20)12-17(30)27-11-13-4-3-7-26-10-13/h3-8,10H,11-12H2,1-2H3,(H,27,30). The van der Waals surface area contributed by atoms with Gasteiger partial charge in [-0.05, 0) is 43.7 Å². The van der Waals surface area contributed by atoms with Crippen LogP contribution in [0.3, 0.4) is 0 Å². The maximum absolute atomic E-state index is 13.3. The summed E-state index contributed by atoms with van der Waals surface area (Å²) < 4.78 is 39.9. The molecule has 0 saturated carbocycles. The van der Waals surface area contributed by atoms with E-state index in [2.05, 4.69) is 10.3 Å². The Balaban J connectivity index is 1.84. The van der Waals surface area contributed by atoms with Crippen molar-refractivity contribution >= 4 is 23.5 Å². The predicted octanol–water partition coefficient (Wildman–Crippen LogP) is 2.84. The second kappa shape index (κ2) is 8.30. The van der Waals surface area contributed by atoms with Crippen molar-refractivity contribution in [1.82, 2.24) is 15.2 Å². The Morgan fingerprint density at radius 1 is 1.25 bits per heavy atom. The maximum Gasteiger partial charge on any atom is 0.417 e. The van der Waals surface area contributed by atoms with Gasteiger partial charge >= 0.3 is 12.2 Å². The number of nitrogens with one attached hydrogen (secondary N) is 1. The summed E-state index contributed by atoms with van der Waals surface area (Å²) in [4.78, 5) is 43.7. The highest BCUT2D eigenvalue weighted by molar-refractivity contribution is 6.23. The van der Waals surface area contributed by atoms with Gasteiger partial charge in [0.1, 0.15) is 12.1 Å². The summed E-state index contributed by atoms with van der Waals surface area (Å²) in [6.45, 7) is 2.47. The molecule has 0 unspecified atom stereocenters. The van der Waals surface area contributed by atoms with Crippen molar-refractivity contribution in [2.24, 2.45) is 0 Å². The topological polar surface area (TPSA) is 106 Å². The number of rotatable bonds is 5. The normalized spacial score (nSPS) is 15.6. The van der Waals surface area contributed by atoms with Crippen molar-refractivity contribution in [3.05, 3.63) is 59.4 Å². The third kappa shape index (κ3) is 4.25. The molecule has 166 valence electrons. The van der Waals surface area contributed by atoms with Gasteiger partial charge in [-0.2, -0.15) is 18.4 Å². The molecular weight excluding hydrogens is 427 g/mol. The van der Waals surface area contributed by atoms with E-state index < -0.39 is 47.2 Å². The van der Waals surface area contributed by atoms with Crippen molar-refractivity contribution in [2.45, 2.75) is 32.1 Å². The highest BCUT2D eigenvalue weighted by Crippen LogP contribution is 2.37. The van der Waals surface area contributed by atoms with E-state index >= 15 is 0 Å². The van der Waals surface area contributed by atoms with E-state index in [9.17, 15) is 27.6 Å². The first kappa shape index (κ1) is 22.7. The number of alkyl halides is 3. The van der Waals surface area contributed by atoms with Crippen molar-refractivity contribution < 1.29 is 27.6 Å². The summed E-state index contributed by atoms with van der Waals surface area (Å²) in [5.74, 6) is -1.35. The number of hydrogen-bond donors (Lipinski definition) is 1. The highest BCUT2D eigenvalue weighted by atomic mass is 19.4. The first-order valence-electron chi connectivity index (χ1n) is 9.40. The number of benzene rings is 1. The maximum atomic E-state index is 13.3. The lowest BCUT2D eigenvalue weighted by molar-refractivity contribution is -0.137. The number of nitriles is 1. The molecule has 32 heavy (non-hydrogen) atoms. The zero-order valence-electron chi connectivity index (χ0n) is 17.1. The lowest BCUT2D eigenvalue weighted by Gasteiger charge is -2.27. The van der Waals surface area contributed by atoms with Crippen LogP contribution >= 0.6 is 0 Å². The molecule has 1 aromatic carbocycles. The zero-order chi connectivity index (χ0) is 23.7. The average molecular weight is 445 g/mol. The molecule has 11 heteroatoms. The van der Waals surface area contributed by atoms with Gasteiger partial charge < -0.3 is 10.2 Å². The number of hydrogen-bond acceptors (Lipinski definition) is 5. The van der Waals surface area contributed by atoms with Crippen molar-refractivity contribution in [3.8, 4) is 6.07 Å². The molecule has 8 nitrogen and oxygen atoms in total. The van der Waals surface area contributed by atoms with Crippen LogP contribution in [-0.2, 0) is 22.3 Å². The highest BCUT2D eigenvalue weighted by Gasteiger charge is 2.52. The van der Waals surface area contributed by atoms with Crippen LogP contribution in [-0.4, -0.2) is 39.8 Å². The summed E-state index contributed by atoms with van der Waals surface area (Å²) in [6, 6.07) is 6.51. The molecule has 0 atom stereocenters. The number of urea groups is 1. The van der Waals surface area contributed by atoms with Crippen LogP contribution < -0.4 is 10.2 Å². The smallest absolute Gasteiger partial charge is 0.350 e. The minimum absolute atomic E-state index is 0.150. The number of carbonyl (C=O) groups is 3. The molecule has 2 aromatic rings. The minimum atomic E-state index is -4.85. The van der Waals surface area contributed by atoms with Gasteiger partial charge in [-0.15, -0.1) is 0 Å². The van der Waals surface area contributed by atoms with Gasteiger partial charge in [0.15, 0.2) is 0 Å². The molecule has 1 fully saturated rings. The van der Waals surface area contributed by atoms with E-state index in [0.717, 1.165) is 22.6 Å². The van der Waals surface area contributed by atoms with Gasteiger partial charge in [0.25, 0.3) is 5.91 Å². The minimum Gasteiger partial charge on any atom is -0.350 e. The molecular formula is C21H18F3N5O3. The Morgan fingerprint density at radius 3 is 2.56 bits per heavy atom. The van der Waals surface area contributed by atoms with Crippen molar-refractivity contribution in [1.29, 1.82) is 5.26 Å². The van der Waals surface area contributed by atoms with Gasteiger partial charge in [-0.3, -0.25) is 14.6 Å². The predicted molar refractivity (Wildman–Crippen MR) is 106 cm³/mol. The molecule has 0 radical (unpaired) electrons. The van der Waals surface area contributed by atoms with Gasteiger partial charge in [-0.1, -0.05) is 6.07 Å². The fraction of sp³-hybridized carbons (Fsp3) is 0.286. The summed E-state index contributed by atoms with van der Waals surface area (Å²) in [5.41, 5.74) is -2.98. The number of aromatic nitrogens is 1. The van der Waals surface area contributed by atoms with E-state index in [1.165, 1.54) is 19.9 Å². The number of anilines is 1. The molecule has 4 amide bonds. The Kier molecular flexibility index (Phi) is 5.90. The van der Waals surface area contributed by atoms with Gasteiger partial charge in [-0.25, -0.2) is 9.69 Å². The molecule has 3 rings (SSSR count). The molecule has 0 bridgehead atoms. The second-order valence-corrected chi connectivity index (χ2v) is 7.55. The number of halogens is 3. The largest absolute Gasteiger partial charge is 0.417 e. The Morgan fingerprint density at radius 2 is 1.97 bits per heavy atom. The fourth-order valence-electron chi connectivity index (χ4n) is 3.23. The van der Waals surface area contributed by atoms with Crippen LogP contribution in [0.2, 0.25) is 0 Å². The van der Waals surface area contributed by atoms with E-state index in [4.69, 9.17) is 5.26 Å². The monoisotopic (exact) mass is 445 g/mol. The number of imide groups is 1. The molecule has 1 saturated heterocycles. The van der Waals surface area contributed by atoms with E-state index in [-0.39, 0.29) is 12.2 Å². The van der Waals surface area contributed by atoms with E-state index in [0.29, 0.717) is 11.0 Å². The van der Waals surface area contributed by atoms with Crippen molar-refractivity contribution in [2.75, 3.05) is 11.4 Å². The molecule has 1 aliphatic heterocycles. The number of amides is 4. The molecule has 0 aliphatic carbocycles. The Bertz CT molecular complexity index is 1110. The zero-order valence-corrected chi connectivity index (χ0v) is 17.1. The SMILES string of the molecule is CC1(C)C(=O)N(c2ccc(C#N)c(C(F)(F)F)c2)C(=O)N1CC(=O)NCc1cccnc1. The first-order valence-corrected chi connectivity index (χ1v) is 9.40. The quantitative estimate of drug-likeness (QED) is 0.713. The summed E-state index contributed by atoms with van der Waals surface area (Å²) >= 11 is 0. The molecule has 1 aromatic heterocycles. The number of pyridine rings is 1. The van der Waals surface area contributed by atoms with E-state index in [1.807, 2.05) is 0 Å². The third-order valence-electron chi connectivity index (χ3n) is 5.02. The first-order chi connectivity index (χ1) is 15.0. The van der Waals surface area contributed by atoms with Crippen LogP contribution in [0.5, 0.6) is 0 Å². The third-order valence-corrected chi connectivity index (χ3v) is 5.02. The van der Waals surface area contributed by atoms with E-state index in [1.54, 1.807) is 24.5 Å². The van der Waals surface area contributed by atoms with Gasteiger partial charge in [0.05, 0.1) is 22.9 Å². The molecule has 1 aliphatic rings. The van der Waals surface area contributed by atoms with Crippen LogP contribution in [0.1, 0.15) is 30.5 Å². The fourth-order valence-corrected chi connectivity index (χ4v) is 3.23. The van der Waals surface area contributed by atoms with Crippen LogP contribution in [0, 0.1) is 11.3 Å². The summed E-state index contributed by atoms with van der Waals surface area (Å²) in [5, 5.41) is 11.6. The average Bonchev–Trinajstić information content (AvgIpc) is 2.91. The number of nitrogens with zero attached hydrogens (tertiary/aromatic N) is 4. The molecule has 1 N–H and O–H groups in total. The second-order valence-electron chi connectivity index (χ2n) is 7.55. The molecule has 0 spiro atoms. The Labute approximate surface area is 181 Å². The summed E-state index contributed by atoms with van der Waals surface area (Å²) in [6.07, 6.45) is -1.72. The molecule has 2 heterocycles. The van der Waals surface area contributed by atoms with Crippen LogP contribution in [0.4, 0.5) is 23.7 Å². The number of carbonyl (C=O) groups excluding carboxylic acids is 3. The lowest BCUT2D eigenvalue weighted by Crippen LogP contribution is -2.48. The Hall–Kier alpha value is -3.94. The van der Waals surface area contributed by atoms with Crippen molar-refractivity contribution in [3.63, 3.8) is 0 Å². The van der Waals surface area contributed by atoms with Gasteiger partial charge in [0, 0.05) is 18.9 Å².